The zero-order chi connectivity index (χ0) is 11.5. The Kier molecular flexibility index (Phi) is 3.82. The van der Waals surface area contributed by atoms with Crippen LogP contribution in [0.25, 0.3) is 0 Å². The van der Waals surface area contributed by atoms with Crippen LogP contribution >= 0.6 is 0 Å². The number of amides is 1. The fourth-order valence-electron chi connectivity index (χ4n) is 2.99. The summed E-state index contributed by atoms with van der Waals surface area (Å²) >= 11 is 0. The summed E-state index contributed by atoms with van der Waals surface area (Å²) in [5.74, 6) is 1.38. The molecular weight excluding hydrogens is 204 g/mol. The van der Waals surface area contributed by atoms with Crippen LogP contribution in [0.2, 0.25) is 0 Å². The quantitative estimate of drug-likeness (QED) is 0.644. The zero-order valence-corrected chi connectivity index (χ0v) is 9.91. The predicted octanol–water partition coefficient (Wildman–Crippen LogP) is 0.262. The summed E-state index contributed by atoms with van der Waals surface area (Å²) in [7, 11) is 0. The van der Waals surface area contributed by atoms with Crippen LogP contribution in [0, 0.1) is 11.8 Å². The Morgan fingerprint density at radius 3 is 3.12 bits per heavy atom. The van der Waals surface area contributed by atoms with Crippen LogP contribution in [0.3, 0.4) is 0 Å². The van der Waals surface area contributed by atoms with Crippen molar-refractivity contribution in [1.82, 2.24) is 10.6 Å². The number of rotatable bonds is 4. The van der Waals surface area contributed by atoms with Crippen LogP contribution in [0.4, 0.5) is 0 Å². The highest BCUT2D eigenvalue weighted by Crippen LogP contribution is 2.37. The van der Waals surface area contributed by atoms with Gasteiger partial charge in [-0.3, -0.25) is 4.79 Å². The van der Waals surface area contributed by atoms with Gasteiger partial charge in [0.05, 0.1) is 12.1 Å². The molecule has 0 bridgehead atoms. The summed E-state index contributed by atoms with van der Waals surface area (Å²) in [6.45, 7) is 3.32. The summed E-state index contributed by atoms with van der Waals surface area (Å²) in [5, 5.41) is 15.3. The molecule has 4 unspecified atom stereocenters. The van der Waals surface area contributed by atoms with E-state index in [1.54, 1.807) is 6.92 Å². The van der Waals surface area contributed by atoms with E-state index in [1.807, 2.05) is 0 Å². The predicted molar refractivity (Wildman–Crippen MR) is 61.9 cm³/mol. The molecule has 0 aromatic heterocycles. The molecule has 1 amide bonds. The van der Waals surface area contributed by atoms with E-state index in [9.17, 15) is 4.79 Å². The van der Waals surface area contributed by atoms with E-state index in [2.05, 4.69) is 10.6 Å². The first-order chi connectivity index (χ1) is 7.68. The third kappa shape index (κ3) is 2.55. The Morgan fingerprint density at radius 1 is 1.56 bits per heavy atom. The monoisotopic (exact) mass is 226 g/mol. The summed E-state index contributed by atoms with van der Waals surface area (Å²) in [4.78, 5) is 11.9. The van der Waals surface area contributed by atoms with Gasteiger partial charge >= 0.3 is 0 Å². The van der Waals surface area contributed by atoms with Crippen molar-refractivity contribution in [2.75, 3.05) is 13.1 Å². The molecule has 16 heavy (non-hydrogen) atoms. The summed E-state index contributed by atoms with van der Waals surface area (Å²) < 4.78 is 0. The van der Waals surface area contributed by atoms with Crippen molar-refractivity contribution < 1.29 is 9.90 Å². The fraction of sp³-hybridized carbons (Fsp3) is 0.917. The first-order valence-corrected chi connectivity index (χ1v) is 6.37. The molecule has 0 radical (unpaired) electrons. The van der Waals surface area contributed by atoms with Crippen LogP contribution in [0.15, 0.2) is 0 Å². The van der Waals surface area contributed by atoms with Gasteiger partial charge in [0.25, 0.3) is 0 Å². The van der Waals surface area contributed by atoms with Gasteiger partial charge in [-0.05, 0) is 44.6 Å². The van der Waals surface area contributed by atoms with Crippen molar-refractivity contribution in [2.24, 2.45) is 11.8 Å². The van der Waals surface area contributed by atoms with Gasteiger partial charge in [0.1, 0.15) is 0 Å². The minimum Gasteiger partial charge on any atom is -0.393 e. The first-order valence-electron chi connectivity index (χ1n) is 6.37. The van der Waals surface area contributed by atoms with Gasteiger partial charge in [-0.1, -0.05) is 6.42 Å². The van der Waals surface area contributed by atoms with Gasteiger partial charge in [0.15, 0.2) is 0 Å². The number of carbonyl (C=O) groups is 1. The second-order valence-corrected chi connectivity index (χ2v) is 5.17. The average Bonchev–Trinajstić information content (AvgIpc) is 2.76. The Bertz CT molecular complexity index is 255. The molecular formula is C12H22N2O2. The van der Waals surface area contributed by atoms with Crippen LogP contribution in [0.5, 0.6) is 0 Å². The molecule has 3 N–H and O–H groups in total. The van der Waals surface area contributed by atoms with Gasteiger partial charge < -0.3 is 15.7 Å². The third-order valence-corrected chi connectivity index (χ3v) is 3.89. The molecule has 1 aliphatic heterocycles. The van der Waals surface area contributed by atoms with Crippen molar-refractivity contribution in [3.63, 3.8) is 0 Å². The van der Waals surface area contributed by atoms with E-state index < -0.39 is 0 Å². The molecule has 1 saturated carbocycles. The van der Waals surface area contributed by atoms with E-state index in [4.69, 9.17) is 5.11 Å². The van der Waals surface area contributed by atoms with Crippen molar-refractivity contribution >= 4 is 5.91 Å². The molecule has 1 heterocycles. The van der Waals surface area contributed by atoms with E-state index in [0.717, 1.165) is 6.54 Å². The summed E-state index contributed by atoms with van der Waals surface area (Å²) in [6.07, 6.45) is 4.03. The number of aliphatic hydroxyl groups is 1. The normalized spacial score (nSPS) is 34.8. The minimum absolute atomic E-state index is 0.0153. The van der Waals surface area contributed by atoms with Crippen molar-refractivity contribution in [3.05, 3.63) is 0 Å². The van der Waals surface area contributed by atoms with Gasteiger partial charge in [0.2, 0.25) is 5.91 Å². The van der Waals surface area contributed by atoms with Gasteiger partial charge in [-0.2, -0.15) is 0 Å². The number of aliphatic hydroxyl groups excluding tert-OH is 1. The maximum atomic E-state index is 11.9. The van der Waals surface area contributed by atoms with Gasteiger partial charge in [0, 0.05) is 6.54 Å². The lowest BCUT2D eigenvalue weighted by atomic mass is 9.93. The lowest BCUT2D eigenvalue weighted by molar-refractivity contribution is -0.123. The number of hydrogen-bond acceptors (Lipinski definition) is 3. The van der Waals surface area contributed by atoms with Gasteiger partial charge in [-0.25, -0.2) is 0 Å². The third-order valence-electron chi connectivity index (χ3n) is 3.89. The Hall–Kier alpha value is -0.610. The van der Waals surface area contributed by atoms with E-state index in [0.29, 0.717) is 24.8 Å². The molecule has 92 valence electrons. The smallest absolute Gasteiger partial charge is 0.237 e. The zero-order valence-electron chi connectivity index (χ0n) is 9.91. The standard InChI is InChI=1S/C12H22N2O2/c1-8(15)5-6-13-12(16)11-10-4-2-3-9(10)7-14-11/h8-11,14-15H,2-7H2,1H3,(H,13,16). The van der Waals surface area contributed by atoms with E-state index in [1.165, 1.54) is 19.3 Å². The fourth-order valence-corrected chi connectivity index (χ4v) is 2.99. The topological polar surface area (TPSA) is 61.4 Å². The molecule has 0 aromatic rings. The lowest BCUT2D eigenvalue weighted by Gasteiger charge is -2.17. The second kappa shape index (κ2) is 5.15. The van der Waals surface area contributed by atoms with Crippen molar-refractivity contribution in [1.29, 1.82) is 0 Å². The molecule has 0 aromatic carbocycles. The maximum Gasteiger partial charge on any atom is 0.237 e. The molecule has 4 nitrogen and oxygen atoms in total. The molecule has 2 rings (SSSR count). The molecule has 2 fully saturated rings. The number of hydrogen-bond donors (Lipinski definition) is 3. The largest absolute Gasteiger partial charge is 0.393 e. The summed E-state index contributed by atoms with van der Waals surface area (Å²) in [5.41, 5.74) is 0. The van der Waals surface area contributed by atoms with Gasteiger partial charge in [-0.15, -0.1) is 0 Å². The lowest BCUT2D eigenvalue weighted by Crippen LogP contribution is -2.44. The van der Waals surface area contributed by atoms with Crippen molar-refractivity contribution in [2.45, 2.75) is 44.8 Å². The molecule has 4 atom stereocenters. The Balaban J connectivity index is 1.77. The number of fused-ring (bicyclic) bond motifs is 1. The highest BCUT2D eigenvalue weighted by atomic mass is 16.3. The highest BCUT2D eigenvalue weighted by Gasteiger charge is 2.42. The molecule has 1 saturated heterocycles. The molecule has 2 aliphatic rings. The first kappa shape index (κ1) is 11.9. The maximum absolute atomic E-state index is 11.9. The molecule has 0 spiro atoms. The summed E-state index contributed by atoms with van der Waals surface area (Å²) in [6, 6.07) is 0.0153. The second-order valence-electron chi connectivity index (χ2n) is 5.17. The molecule has 1 aliphatic carbocycles. The Labute approximate surface area is 96.8 Å². The highest BCUT2D eigenvalue weighted by molar-refractivity contribution is 5.82. The minimum atomic E-state index is -0.337. The van der Waals surface area contributed by atoms with Crippen molar-refractivity contribution in [3.8, 4) is 0 Å². The SMILES string of the molecule is CC(O)CCNC(=O)C1NCC2CCCC21. The van der Waals surface area contributed by atoms with Crippen LogP contribution in [-0.2, 0) is 4.79 Å². The number of nitrogens with one attached hydrogen (secondary N) is 2. The van der Waals surface area contributed by atoms with Crippen LogP contribution in [0.1, 0.15) is 32.6 Å². The molecule has 4 heteroatoms. The van der Waals surface area contributed by atoms with Crippen LogP contribution < -0.4 is 10.6 Å². The van der Waals surface area contributed by atoms with E-state index >= 15 is 0 Å². The van der Waals surface area contributed by atoms with E-state index in [-0.39, 0.29) is 18.1 Å². The number of carbonyl (C=O) groups excluding carboxylic acids is 1. The van der Waals surface area contributed by atoms with Crippen LogP contribution in [-0.4, -0.2) is 36.2 Å². The average molecular weight is 226 g/mol. The Morgan fingerprint density at radius 2 is 2.38 bits per heavy atom.